The van der Waals surface area contributed by atoms with E-state index in [1.165, 1.54) is 0 Å². The third kappa shape index (κ3) is 5.88. The van der Waals surface area contributed by atoms with Gasteiger partial charge in [-0.2, -0.15) is 4.31 Å². The van der Waals surface area contributed by atoms with Gasteiger partial charge in [-0.25, -0.2) is 12.8 Å². The monoisotopic (exact) mass is 525 g/mol. The van der Waals surface area contributed by atoms with Gasteiger partial charge in [0, 0.05) is 43.5 Å². The Morgan fingerprint density at radius 2 is 1.62 bits per heavy atom. The number of hydrogen-bond donors (Lipinski definition) is 0. The Morgan fingerprint density at radius 3 is 2.16 bits per heavy atom. The maximum atomic E-state index is 15.0. The van der Waals surface area contributed by atoms with Gasteiger partial charge in [0.1, 0.15) is 18.5 Å². The van der Waals surface area contributed by atoms with Crippen molar-refractivity contribution in [2.24, 2.45) is 5.41 Å². The van der Waals surface area contributed by atoms with Crippen LogP contribution in [0, 0.1) is 11.2 Å². The SMILES string of the molecule is CCC1CC2(CC2)CN(Cc2ccc(N3CCC(n4cnnc4)CC3)cc2F)S1(=O)=O.c1ccccc1. The molecule has 0 radical (unpaired) electrons. The second-order valence-corrected chi connectivity index (χ2v) is 12.8. The first kappa shape index (κ1) is 25.9. The fraction of sp³-hybridized carbons (Fsp3) is 0.500. The lowest BCUT2D eigenvalue weighted by molar-refractivity contribution is 0.265. The molecule has 9 heteroatoms. The molecule has 3 aromatic rings. The summed E-state index contributed by atoms with van der Waals surface area (Å²) in [5.74, 6) is -0.322. The van der Waals surface area contributed by atoms with Gasteiger partial charge in [-0.3, -0.25) is 0 Å². The first-order valence-corrected chi connectivity index (χ1v) is 14.8. The van der Waals surface area contributed by atoms with Crippen LogP contribution in [0.15, 0.2) is 67.3 Å². The van der Waals surface area contributed by atoms with Crippen LogP contribution in [0.1, 0.15) is 57.1 Å². The molecule has 6 rings (SSSR count). The predicted octanol–water partition coefficient (Wildman–Crippen LogP) is 5.04. The Hall–Kier alpha value is -2.78. The number of halogens is 1. The van der Waals surface area contributed by atoms with E-state index in [2.05, 4.69) is 15.1 Å². The number of sulfonamides is 1. The van der Waals surface area contributed by atoms with E-state index in [9.17, 15) is 8.42 Å². The fourth-order valence-electron chi connectivity index (χ4n) is 5.62. The molecule has 1 spiro atoms. The van der Waals surface area contributed by atoms with Crippen LogP contribution >= 0.6 is 0 Å². The van der Waals surface area contributed by atoms with Gasteiger partial charge in [0.15, 0.2) is 0 Å². The minimum absolute atomic E-state index is 0.127. The van der Waals surface area contributed by atoms with Crippen LogP contribution in [-0.4, -0.2) is 52.4 Å². The average Bonchev–Trinajstić information content (AvgIpc) is 3.44. The molecule has 1 aliphatic carbocycles. The van der Waals surface area contributed by atoms with Gasteiger partial charge >= 0.3 is 0 Å². The molecule has 3 aliphatic rings. The highest BCUT2D eigenvalue weighted by Crippen LogP contribution is 2.54. The summed E-state index contributed by atoms with van der Waals surface area (Å²) in [6.07, 6.45) is 8.95. The van der Waals surface area contributed by atoms with Crippen LogP contribution in [-0.2, 0) is 16.6 Å². The zero-order valence-corrected chi connectivity index (χ0v) is 22.2. The standard InChI is InChI=1S/C22H30FN5O2S.C6H6/c1-2-20-12-22(7-8-22)14-28(31(20,29)30)13-17-3-4-19(11-21(17)23)26-9-5-18(6-10-26)27-15-24-25-16-27;1-2-4-6-5-3-1/h3-4,11,15-16,18,20H,2,5-10,12-14H2,1H3;1-6H. The van der Waals surface area contributed by atoms with E-state index in [0.717, 1.165) is 50.9 Å². The molecule has 1 saturated carbocycles. The smallest absolute Gasteiger partial charge is 0.217 e. The van der Waals surface area contributed by atoms with E-state index in [4.69, 9.17) is 0 Å². The Morgan fingerprint density at radius 1 is 1.00 bits per heavy atom. The summed E-state index contributed by atoms with van der Waals surface area (Å²) in [5.41, 5.74) is 1.45. The first-order chi connectivity index (χ1) is 17.9. The second-order valence-electron chi connectivity index (χ2n) is 10.6. The van der Waals surface area contributed by atoms with Gasteiger partial charge in [0.05, 0.1) is 5.25 Å². The van der Waals surface area contributed by atoms with Crippen LogP contribution in [0.4, 0.5) is 10.1 Å². The molecule has 0 amide bonds. The fourth-order valence-corrected chi connectivity index (χ4v) is 7.80. The molecule has 2 saturated heterocycles. The molecular formula is C28H36FN5O2S. The third-order valence-corrected chi connectivity index (χ3v) is 10.4. The van der Waals surface area contributed by atoms with Crippen molar-refractivity contribution in [1.82, 2.24) is 19.1 Å². The number of aromatic nitrogens is 3. The Balaban J connectivity index is 0.000000412. The summed E-state index contributed by atoms with van der Waals surface area (Å²) < 4.78 is 44.6. The molecule has 1 aromatic heterocycles. The molecule has 198 valence electrons. The highest BCUT2D eigenvalue weighted by Gasteiger charge is 2.53. The normalized spacial score (nSPS) is 22.9. The van der Waals surface area contributed by atoms with Gasteiger partial charge in [0.25, 0.3) is 0 Å². The van der Waals surface area contributed by atoms with Crippen LogP contribution in [0.25, 0.3) is 0 Å². The van der Waals surface area contributed by atoms with Crippen LogP contribution in [0.5, 0.6) is 0 Å². The minimum atomic E-state index is -3.37. The molecule has 1 unspecified atom stereocenters. The molecular weight excluding hydrogens is 489 g/mol. The maximum Gasteiger partial charge on any atom is 0.217 e. The molecule has 2 aromatic carbocycles. The zero-order valence-electron chi connectivity index (χ0n) is 21.4. The van der Waals surface area contributed by atoms with Crippen molar-refractivity contribution < 1.29 is 12.8 Å². The molecule has 2 aliphatic heterocycles. The third-order valence-electron chi connectivity index (χ3n) is 8.10. The van der Waals surface area contributed by atoms with E-state index < -0.39 is 10.0 Å². The maximum absolute atomic E-state index is 15.0. The zero-order chi connectivity index (χ0) is 25.9. The number of anilines is 1. The highest BCUT2D eigenvalue weighted by molar-refractivity contribution is 7.89. The molecule has 3 heterocycles. The number of piperidine rings is 1. The van der Waals surface area contributed by atoms with E-state index in [1.54, 1.807) is 29.1 Å². The van der Waals surface area contributed by atoms with E-state index in [1.807, 2.05) is 54.0 Å². The number of benzene rings is 2. The largest absolute Gasteiger partial charge is 0.371 e. The topological polar surface area (TPSA) is 71.3 Å². The predicted molar refractivity (Wildman–Crippen MR) is 143 cm³/mol. The van der Waals surface area contributed by atoms with Crippen molar-refractivity contribution in [2.75, 3.05) is 24.5 Å². The Bertz CT molecular complexity index is 1230. The van der Waals surface area contributed by atoms with E-state index in [-0.39, 0.29) is 23.0 Å². The average molecular weight is 526 g/mol. The summed E-state index contributed by atoms with van der Waals surface area (Å²) in [5, 5.41) is 7.42. The van der Waals surface area contributed by atoms with Crippen molar-refractivity contribution >= 4 is 15.7 Å². The van der Waals surface area contributed by atoms with Gasteiger partial charge in [-0.1, -0.05) is 49.4 Å². The van der Waals surface area contributed by atoms with Crippen LogP contribution in [0.3, 0.4) is 0 Å². The first-order valence-electron chi connectivity index (χ1n) is 13.3. The van der Waals surface area contributed by atoms with Gasteiger partial charge in [-0.05, 0) is 56.1 Å². The lowest BCUT2D eigenvalue weighted by Crippen LogP contribution is -2.47. The van der Waals surface area contributed by atoms with Gasteiger partial charge in [0.2, 0.25) is 10.0 Å². The van der Waals surface area contributed by atoms with Gasteiger partial charge in [-0.15, -0.1) is 10.2 Å². The quantitative estimate of drug-likeness (QED) is 0.467. The minimum Gasteiger partial charge on any atom is -0.371 e. The lowest BCUT2D eigenvalue weighted by atomic mass is 9.98. The number of hydrogen-bond acceptors (Lipinski definition) is 5. The molecule has 7 nitrogen and oxygen atoms in total. The molecule has 0 N–H and O–H groups in total. The summed E-state index contributed by atoms with van der Waals surface area (Å²) in [6, 6.07) is 17.6. The summed E-state index contributed by atoms with van der Waals surface area (Å²) in [7, 11) is -3.37. The Kier molecular flexibility index (Phi) is 7.62. The van der Waals surface area contributed by atoms with Crippen molar-refractivity contribution in [2.45, 2.75) is 63.3 Å². The number of nitrogens with zero attached hydrogens (tertiary/aromatic N) is 5. The van der Waals surface area contributed by atoms with Crippen LogP contribution in [0.2, 0.25) is 0 Å². The van der Waals surface area contributed by atoms with Crippen molar-refractivity contribution in [3.8, 4) is 0 Å². The number of rotatable bonds is 5. The highest BCUT2D eigenvalue weighted by atomic mass is 32.2. The molecule has 37 heavy (non-hydrogen) atoms. The molecule has 0 bridgehead atoms. The van der Waals surface area contributed by atoms with Gasteiger partial charge < -0.3 is 9.47 Å². The van der Waals surface area contributed by atoms with E-state index >= 15 is 4.39 Å². The summed E-state index contributed by atoms with van der Waals surface area (Å²) in [4.78, 5) is 2.19. The van der Waals surface area contributed by atoms with Crippen LogP contribution < -0.4 is 4.90 Å². The van der Waals surface area contributed by atoms with Crippen molar-refractivity contribution in [1.29, 1.82) is 0 Å². The Labute approximate surface area is 219 Å². The second kappa shape index (κ2) is 10.9. The van der Waals surface area contributed by atoms with E-state index in [0.29, 0.717) is 24.6 Å². The van der Waals surface area contributed by atoms with Crippen molar-refractivity contribution in [3.05, 3.63) is 78.6 Å². The summed E-state index contributed by atoms with van der Waals surface area (Å²) in [6.45, 7) is 4.27. The summed E-state index contributed by atoms with van der Waals surface area (Å²) >= 11 is 0. The molecule has 1 atom stereocenters. The molecule has 3 fully saturated rings. The lowest BCUT2D eigenvalue weighted by Gasteiger charge is -2.37. The van der Waals surface area contributed by atoms with Crippen molar-refractivity contribution in [3.63, 3.8) is 0 Å².